The molecule has 0 unspecified atom stereocenters. The first-order valence-electron chi connectivity index (χ1n) is 5.83. The number of benzene rings is 1. The molecule has 0 spiro atoms. The lowest BCUT2D eigenvalue weighted by molar-refractivity contribution is 0.373. The molecule has 3 N–H and O–H groups in total. The molecule has 0 bridgehead atoms. The number of phenolic OH excluding ortho intramolecular Hbond substituents is 1. The molecule has 0 atom stereocenters. The molecule has 5 nitrogen and oxygen atoms in total. The molecule has 0 aliphatic rings. The van der Waals surface area contributed by atoms with E-state index in [1.807, 2.05) is 12.3 Å². The van der Waals surface area contributed by atoms with Gasteiger partial charge in [-0.15, -0.1) is 0 Å². The quantitative estimate of drug-likeness (QED) is 0.676. The molecule has 5 heteroatoms. The number of nitrogens with zero attached hydrogens (tertiary/aromatic N) is 1. The van der Waals surface area contributed by atoms with Gasteiger partial charge in [-0.2, -0.15) is 0 Å². The van der Waals surface area contributed by atoms with Gasteiger partial charge in [-0.25, -0.2) is 4.98 Å². The summed E-state index contributed by atoms with van der Waals surface area (Å²) in [5, 5.41) is 12.9. The van der Waals surface area contributed by atoms with Gasteiger partial charge in [0.2, 0.25) is 0 Å². The van der Waals surface area contributed by atoms with Gasteiger partial charge in [-0.3, -0.25) is 0 Å². The molecule has 0 fully saturated rings. The first kappa shape index (κ1) is 12.4. The Morgan fingerprint density at radius 3 is 3.00 bits per heavy atom. The van der Waals surface area contributed by atoms with E-state index in [4.69, 9.17) is 4.74 Å². The van der Waals surface area contributed by atoms with Gasteiger partial charge in [-0.05, 0) is 17.7 Å². The zero-order valence-corrected chi connectivity index (χ0v) is 10.3. The van der Waals surface area contributed by atoms with Crippen LogP contribution in [-0.4, -0.2) is 28.7 Å². The Hall–Kier alpha value is -2.01. The summed E-state index contributed by atoms with van der Waals surface area (Å²) >= 11 is 0. The molecule has 18 heavy (non-hydrogen) atoms. The van der Waals surface area contributed by atoms with Gasteiger partial charge in [0.05, 0.1) is 13.4 Å². The molecule has 0 saturated heterocycles. The number of rotatable bonds is 6. The van der Waals surface area contributed by atoms with Crippen LogP contribution in [0.5, 0.6) is 11.5 Å². The number of hydrogen-bond donors (Lipinski definition) is 3. The number of aromatic amines is 1. The van der Waals surface area contributed by atoms with Crippen LogP contribution in [0.1, 0.15) is 11.3 Å². The molecule has 1 heterocycles. The number of aromatic hydroxyl groups is 1. The van der Waals surface area contributed by atoms with E-state index in [2.05, 4.69) is 15.3 Å². The van der Waals surface area contributed by atoms with E-state index in [-0.39, 0.29) is 5.75 Å². The fourth-order valence-electron chi connectivity index (χ4n) is 1.72. The summed E-state index contributed by atoms with van der Waals surface area (Å²) < 4.78 is 4.99. The van der Waals surface area contributed by atoms with Crippen molar-refractivity contribution in [1.82, 2.24) is 15.3 Å². The van der Waals surface area contributed by atoms with Gasteiger partial charge in [0, 0.05) is 31.4 Å². The second kappa shape index (κ2) is 6.07. The lowest BCUT2D eigenvalue weighted by Gasteiger charge is -2.07. The summed E-state index contributed by atoms with van der Waals surface area (Å²) in [6.45, 7) is 1.57. The molecule has 2 aromatic rings. The topological polar surface area (TPSA) is 70.2 Å². The van der Waals surface area contributed by atoms with Crippen LogP contribution >= 0.6 is 0 Å². The van der Waals surface area contributed by atoms with Crippen molar-refractivity contribution in [1.29, 1.82) is 0 Å². The maximum Gasteiger partial charge on any atom is 0.160 e. The van der Waals surface area contributed by atoms with E-state index in [1.165, 1.54) is 7.11 Å². The highest BCUT2D eigenvalue weighted by atomic mass is 16.5. The summed E-state index contributed by atoms with van der Waals surface area (Å²) in [6, 6.07) is 5.41. The minimum Gasteiger partial charge on any atom is -0.504 e. The molecule has 96 valence electrons. The van der Waals surface area contributed by atoms with Crippen LogP contribution in [0.2, 0.25) is 0 Å². The number of imidazole rings is 1. The Labute approximate surface area is 106 Å². The van der Waals surface area contributed by atoms with Gasteiger partial charge >= 0.3 is 0 Å². The lowest BCUT2D eigenvalue weighted by Crippen LogP contribution is -2.16. The van der Waals surface area contributed by atoms with Crippen molar-refractivity contribution in [2.24, 2.45) is 0 Å². The zero-order chi connectivity index (χ0) is 12.8. The Morgan fingerprint density at radius 1 is 1.44 bits per heavy atom. The minimum absolute atomic E-state index is 0.172. The summed E-state index contributed by atoms with van der Waals surface area (Å²) in [5.74, 6) is 0.668. The summed E-state index contributed by atoms with van der Waals surface area (Å²) in [6.07, 6.45) is 4.40. The van der Waals surface area contributed by atoms with Crippen LogP contribution in [0.15, 0.2) is 30.7 Å². The number of phenols is 1. The molecule has 0 amide bonds. The molecule has 0 radical (unpaired) electrons. The number of ether oxygens (including phenoxy) is 1. The van der Waals surface area contributed by atoms with Gasteiger partial charge < -0.3 is 20.1 Å². The molecular weight excluding hydrogens is 230 g/mol. The van der Waals surface area contributed by atoms with Crippen molar-refractivity contribution >= 4 is 0 Å². The molecule has 1 aromatic heterocycles. The average Bonchev–Trinajstić information content (AvgIpc) is 2.88. The molecule has 0 saturated carbocycles. The van der Waals surface area contributed by atoms with Crippen molar-refractivity contribution in [3.8, 4) is 11.5 Å². The minimum atomic E-state index is 0.172. The number of methoxy groups -OCH3 is 1. The third-order valence-electron chi connectivity index (χ3n) is 2.70. The standard InChI is InChI=1S/C13H17N3O2/c1-18-13-3-2-10(6-12(13)17)7-14-5-4-11-8-15-9-16-11/h2-3,6,8-9,14,17H,4-5,7H2,1H3,(H,15,16). The van der Waals surface area contributed by atoms with Gasteiger partial charge in [0.15, 0.2) is 11.5 Å². The number of aromatic nitrogens is 2. The van der Waals surface area contributed by atoms with Crippen LogP contribution in [0.25, 0.3) is 0 Å². The Bertz CT molecular complexity index is 483. The van der Waals surface area contributed by atoms with E-state index in [0.717, 1.165) is 24.2 Å². The molecule has 2 rings (SSSR count). The second-order valence-corrected chi connectivity index (χ2v) is 4.01. The maximum atomic E-state index is 9.63. The van der Waals surface area contributed by atoms with Crippen molar-refractivity contribution in [3.63, 3.8) is 0 Å². The van der Waals surface area contributed by atoms with Crippen molar-refractivity contribution in [3.05, 3.63) is 42.0 Å². The normalized spacial score (nSPS) is 10.5. The number of H-pyrrole nitrogens is 1. The third-order valence-corrected chi connectivity index (χ3v) is 2.70. The maximum absolute atomic E-state index is 9.63. The summed E-state index contributed by atoms with van der Waals surface area (Å²) in [4.78, 5) is 7.01. The molecule has 0 aliphatic heterocycles. The predicted molar refractivity (Wildman–Crippen MR) is 68.7 cm³/mol. The predicted octanol–water partition coefficient (Wildman–Crippen LogP) is 1.46. The lowest BCUT2D eigenvalue weighted by atomic mass is 10.2. The largest absolute Gasteiger partial charge is 0.504 e. The van der Waals surface area contributed by atoms with Crippen LogP contribution in [-0.2, 0) is 13.0 Å². The molecular formula is C13H17N3O2. The van der Waals surface area contributed by atoms with Crippen LogP contribution in [0.3, 0.4) is 0 Å². The fourth-order valence-corrected chi connectivity index (χ4v) is 1.72. The highest BCUT2D eigenvalue weighted by Gasteiger charge is 2.02. The van der Waals surface area contributed by atoms with Crippen molar-refractivity contribution in [2.45, 2.75) is 13.0 Å². The Balaban J connectivity index is 1.78. The summed E-state index contributed by atoms with van der Waals surface area (Å²) in [7, 11) is 1.54. The van der Waals surface area contributed by atoms with E-state index < -0.39 is 0 Å². The zero-order valence-electron chi connectivity index (χ0n) is 10.3. The average molecular weight is 247 g/mol. The van der Waals surface area contributed by atoms with Gasteiger partial charge in [-0.1, -0.05) is 6.07 Å². The van der Waals surface area contributed by atoms with E-state index in [9.17, 15) is 5.11 Å². The fraction of sp³-hybridized carbons (Fsp3) is 0.308. The number of hydrogen-bond acceptors (Lipinski definition) is 4. The van der Waals surface area contributed by atoms with Crippen molar-refractivity contribution < 1.29 is 9.84 Å². The smallest absolute Gasteiger partial charge is 0.160 e. The third kappa shape index (κ3) is 3.24. The highest BCUT2D eigenvalue weighted by Crippen LogP contribution is 2.25. The Kier molecular flexibility index (Phi) is 4.20. The van der Waals surface area contributed by atoms with Crippen LogP contribution < -0.4 is 10.1 Å². The first-order valence-corrected chi connectivity index (χ1v) is 5.83. The molecule has 0 aliphatic carbocycles. The van der Waals surface area contributed by atoms with Gasteiger partial charge in [0.1, 0.15) is 0 Å². The summed E-state index contributed by atoms with van der Waals surface area (Å²) in [5.41, 5.74) is 2.14. The molecule has 1 aromatic carbocycles. The SMILES string of the molecule is COc1ccc(CNCCc2cnc[nH]2)cc1O. The van der Waals surface area contributed by atoms with E-state index in [1.54, 1.807) is 18.5 Å². The van der Waals surface area contributed by atoms with Crippen LogP contribution in [0, 0.1) is 0 Å². The van der Waals surface area contributed by atoms with E-state index in [0.29, 0.717) is 12.3 Å². The second-order valence-electron chi connectivity index (χ2n) is 4.01. The van der Waals surface area contributed by atoms with E-state index >= 15 is 0 Å². The van der Waals surface area contributed by atoms with Crippen molar-refractivity contribution in [2.75, 3.05) is 13.7 Å². The van der Waals surface area contributed by atoms with Gasteiger partial charge in [0.25, 0.3) is 0 Å². The first-order chi connectivity index (χ1) is 8.79. The highest BCUT2D eigenvalue weighted by molar-refractivity contribution is 5.41. The number of nitrogens with one attached hydrogen (secondary N) is 2. The Morgan fingerprint density at radius 2 is 2.33 bits per heavy atom. The monoisotopic (exact) mass is 247 g/mol. The van der Waals surface area contributed by atoms with Crippen LogP contribution in [0.4, 0.5) is 0 Å².